The van der Waals surface area contributed by atoms with E-state index in [1.807, 2.05) is 0 Å². The maximum Gasteiger partial charge on any atom is 0.138 e. The van der Waals surface area contributed by atoms with Crippen LogP contribution in [-0.4, -0.2) is 6.10 Å². The van der Waals surface area contributed by atoms with E-state index in [1.165, 1.54) is 47.1 Å². The molecule has 1 heteroatoms. The number of rotatable bonds is 1. The van der Waals surface area contributed by atoms with Gasteiger partial charge in [-0.1, -0.05) is 81.8 Å². The lowest BCUT2D eigenvalue weighted by Crippen LogP contribution is -2.65. The molecule has 0 aromatic heterocycles. The molecule has 3 aliphatic carbocycles. The molecule has 2 aromatic carbocycles. The summed E-state index contributed by atoms with van der Waals surface area (Å²) in [7, 11) is 0. The normalized spacial score (nSPS) is 36.8. The van der Waals surface area contributed by atoms with Crippen molar-refractivity contribution in [2.45, 2.75) is 65.6 Å². The molecule has 2 fully saturated rings. The van der Waals surface area contributed by atoms with Gasteiger partial charge in [0.2, 0.25) is 0 Å². The van der Waals surface area contributed by atoms with E-state index in [9.17, 15) is 0 Å². The minimum atomic E-state index is -0.410. The molecule has 5 unspecified atom stereocenters. The standard InChI is InChI=1S/C29H34O/c1-6-28(5)25-16-26-21(15-24(25)27(28,3)4)18(2)17-29(30-26)22-13-9-7-11-19(22)20-12-8-10-14-23(20)29/h7-14,17,21,24-26H,6,15-16H2,1-5H3. The summed E-state index contributed by atoms with van der Waals surface area (Å²) in [6.45, 7) is 12.3. The third-order valence-electron chi connectivity index (χ3n) is 10.2. The Morgan fingerprint density at radius 1 is 0.867 bits per heavy atom. The Morgan fingerprint density at radius 3 is 2.07 bits per heavy atom. The molecule has 1 aliphatic heterocycles. The minimum Gasteiger partial charge on any atom is -0.358 e. The van der Waals surface area contributed by atoms with Gasteiger partial charge in [-0.25, -0.2) is 0 Å². The minimum absolute atomic E-state index is 0.317. The zero-order chi connectivity index (χ0) is 20.9. The van der Waals surface area contributed by atoms with Crippen LogP contribution in [0.25, 0.3) is 11.1 Å². The maximum atomic E-state index is 7.24. The Hall–Kier alpha value is -1.86. The van der Waals surface area contributed by atoms with Gasteiger partial charge >= 0.3 is 0 Å². The number of hydrogen-bond donors (Lipinski definition) is 0. The van der Waals surface area contributed by atoms with Crippen LogP contribution in [0, 0.1) is 28.6 Å². The van der Waals surface area contributed by atoms with Crippen LogP contribution in [0.15, 0.2) is 60.2 Å². The molecule has 1 heterocycles. The molecule has 0 radical (unpaired) electrons. The van der Waals surface area contributed by atoms with E-state index in [1.54, 1.807) is 0 Å². The van der Waals surface area contributed by atoms with E-state index < -0.39 is 5.60 Å². The molecule has 0 bridgehead atoms. The highest BCUT2D eigenvalue weighted by Crippen LogP contribution is 2.72. The first-order chi connectivity index (χ1) is 14.3. The summed E-state index contributed by atoms with van der Waals surface area (Å²) in [4.78, 5) is 0. The molecule has 4 aliphatic rings. The van der Waals surface area contributed by atoms with E-state index in [2.05, 4.69) is 89.2 Å². The van der Waals surface area contributed by atoms with Gasteiger partial charge in [0.05, 0.1) is 6.10 Å². The Bertz CT molecular complexity index is 1010. The fourth-order valence-electron chi connectivity index (χ4n) is 8.01. The number of ether oxygens (including phenoxy) is 1. The van der Waals surface area contributed by atoms with Crippen LogP contribution in [0.5, 0.6) is 0 Å². The van der Waals surface area contributed by atoms with Crippen LogP contribution in [0.1, 0.15) is 65.0 Å². The first kappa shape index (κ1) is 18.9. The van der Waals surface area contributed by atoms with Crippen molar-refractivity contribution >= 4 is 0 Å². The molecule has 1 nitrogen and oxygen atoms in total. The number of benzene rings is 2. The largest absolute Gasteiger partial charge is 0.358 e. The molecule has 0 N–H and O–H groups in total. The van der Waals surface area contributed by atoms with Crippen molar-refractivity contribution in [2.75, 3.05) is 0 Å². The van der Waals surface area contributed by atoms with Crippen LogP contribution >= 0.6 is 0 Å². The summed E-state index contributed by atoms with van der Waals surface area (Å²) in [5.41, 5.74) is 7.33. The van der Waals surface area contributed by atoms with Crippen molar-refractivity contribution in [3.63, 3.8) is 0 Å². The predicted octanol–water partition coefficient (Wildman–Crippen LogP) is 7.35. The van der Waals surface area contributed by atoms with Gasteiger partial charge < -0.3 is 4.74 Å². The molecule has 6 rings (SSSR count). The molecular formula is C29H34O. The van der Waals surface area contributed by atoms with Gasteiger partial charge in [-0.05, 0) is 66.1 Å². The number of fused-ring (bicyclic) bond motifs is 7. The maximum absolute atomic E-state index is 7.24. The molecule has 0 saturated heterocycles. The Morgan fingerprint density at radius 2 is 1.47 bits per heavy atom. The van der Waals surface area contributed by atoms with Gasteiger partial charge in [-0.15, -0.1) is 0 Å². The second-order valence-corrected chi connectivity index (χ2v) is 11.2. The zero-order valence-electron chi connectivity index (χ0n) is 19.0. The summed E-state index contributed by atoms with van der Waals surface area (Å²) in [6.07, 6.45) is 6.56. The van der Waals surface area contributed by atoms with Gasteiger partial charge in [0.25, 0.3) is 0 Å². The van der Waals surface area contributed by atoms with E-state index >= 15 is 0 Å². The number of hydrogen-bond acceptors (Lipinski definition) is 1. The lowest BCUT2D eigenvalue weighted by molar-refractivity contribution is -0.238. The highest BCUT2D eigenvalue weighted by molar-refractivity contribution is 5.81. The van der Waals surface area contributed by atoms with Crippen molar-refractivity contribution in [2.24, 2.45) is 28.6 Å². The summed E-state index contributed by atoms with van der Waals surface area (Å²) >= 11 is 0. The van der Waals surface area contributed by atoms with Crippen molar-refractivity contribution < 1.29 is 4.74 Å². The van der Waals surface area contributed by atoms with Gasteiger partial charge in [-0.2, -0.15) is 0 Å². The van der Waals surface area contributed by atoms with E-state index in [0.717, 1.165) is 11.8 Å². The third kappa shape index (κ3) is 2.03. The summed E-state index contributed by atoms with van der Waals surface area (Å²) in [5.74, 6) is 2.18. The summed E-state index contributed by atoms with van der Waals surface area (Å²) in [5, 5.41) is 0. The highest BCUT2D eigenvalue weighted by Gasteiger charge is 2.66. The first-order valence-corrected chi connectivity index (χ1v) is 11.9. The fraction of sp³-hybridized carbons (Fsp3) is 0.517. The third-order valence-corrected chi connectivity index (χ3v) is 10.2. The Balaban J connectivity index is 1.47. The van der Waals surface area contributed by atoms with Gasteiger partial charge in [0.15, 0.2) is 0 Å². The molecule has 5 atom stereocenters. The summed E-state index contributed by atoms with van der Waals surface area (Å²) in [6, 6.07) is 17.8. The quantitative estimate of drug-likeness (QED) is 0.456. The van der Waals surface area contributed by atoms with Gasteiger partial charge in [-0.3, -0.25) is 0 Å². The Labute approximate surface area is 181 Å². The van der Waals surface area contributed by atoms with Crippen molar-refractivity contribution in [3.05, 3.63) is 71.3 Å². The van der Waals surface area contributed by atoms with Crippen LogP contribution in [0.4, 0.5) is 0 Å². The molecule has 1 spiro atoms. The SMILES string of the molecule is CCC1(C)C2CC3OC4(C=C(C)C3CC2C1(C)C)c1ccccc1-c1ccccc14. The van der Waals surface area contributed by atoms with E-state index in [-0.39, 0.29) is 0 Å². The molecule has 30 heavy (non-hydrogen) atoms. The molecular weight excluding hydrogens is 364 g/mol. The predicted molar refractivity (Wildman–Crippen MR) is 123 cm³/mol. The van der Waals surface area contributed by atoms with Crippen LogP contribution in [-0.2, 0) is 10.3 Å². The molecule has 0 amide bonds. The topological polar surface area (TPSA) is 9.23 Å². The molecule has 156 valence electrons. The van der Waals surface area contributed by atoms with E-state index in [4.69, 9.17) is 4.74 Å². The van der Waals surface area contributed by atoms with Gasteiger partial charge in [0.1, 0.15) is 5.60 Å². The lowest BCUT2D eigenvalue weighted by atomic mass is 9.35. The van der Waals surface area contributed by atoms with Crippen molar-refractivity contribution in [1.82, 2.24) is 0 Å². The average Bonchev–Trinajstić information content (AvgIpc) is 3.02. The van der Waals surface area contributed by atoms with Crippen LogP contribution < -0.4 is 0 Å². The van der Waals surface area contributed by atoms with E-state index in [0.29, 0.717) is 22.9 Å². The second-order valence-electron chi connectivity index (χ2n) is 11.2. The van der Waals surface area contributed by atoms with Crippen molar-refractivity contribution in [3.8, 4) is 11.1 Å². The summed E-state index contributed by atoms with van der Waals surface area (Å²) < 4.78 is 7.24. The Kier molecular flexibility index (Phi) is 3.70. The van der Waals surface area contributed by atoms with Crippen molar-refractivity contribution in [1.29, 1.82) is 0 Å². The molecule has 2 saturated carbocycles. The highest BCUT2D eigenvalue weighted by atomic mass is 16.5. The monoisotopic (exact) mass is 398 g/mol. The van der Waals surface area contributed by atoms with Crippen LogP contribution in [0.2, 0.25) is 0 Å². The van der Waals surface area contributed by atoms with Crippen LogP contribution in [0.3, 0.4) is 0 Å². The first-order valence-electron chi connectivity index (χ1n) is 11.9. The fourth-order valence-corrected chi connectivity index (χ4v) is 8.01. The van der Waals surface area contributed by atoms with Gasteiger partial charge in [0, 0.05) is 17.0 Å². The zero-order valence-corrected chi connectivity index (χ0v) is 19.0. The average molecular weight is 399 g/mol. The smallest absolute Gasteiger partial charge is 0.138 e. The lowest BCUT2D eigenvalue weighted by Gasteiger charge is -2.70. The molecule has 2 aromatic rings. The second kappa shape index (κ2) is 5.88.